The van der Waals surface area contributed by atoms with Crippen molar-refractivity contribution in [3.05, 3.63) is 22.0 Å². The fourth-order valence-electron chi connectivity index (χ4n) is 0.367. The van der Waals surface area contributed by atoms with Crippen LogP contribution < -0.4 is 5.32 Å². The number of nitro groups is 1. The molecule has 0 unspecified atom stereocenters. The number of nitrogens with one attached hydrogen (secondary N) is 1. The predicted molar refractivity (Wildman–Crippen MR) is 34.8 cm³/mol. The summed E-state index contributed by atoms with van der Waals surface area (Å²) in [4.78, 5) is 9.10. The normalized spacial score (nSPS) is 12.8. The minimum Gasteiger partial charge on any atom is -0.377 e. The summed E-state index contributed by atoms with van der Waals surface area (Å²) >= 11 is 0. The number of halogens is 3. The Balaban J connectivity index is 3.83. The van der Waals surface area contributed by atoms with Crippen molar-refractivity contribution in [3.8, 4) is 0 Å². The first kappa shape index (κ1) is 10.7. The predicted octanol–water partition coefficient (Wildman–Crippen LogP) is 1.28. The van der Waals surface area contributed by atoms with Gasteiger partial charge in [0.25, 0.3) is 5.70 Å². The summed E-state index contributed by atoms with van der Waals surface area (Å²) in [6.07, 6.45) is -3.64. The van der Waals surface area contributed by atoms with Gasteiger partial charge in [0.05, 0.1) is 11.1 Å². The highest BCUT2D eigenvalue weighted by molar-refractivity contribution is 4.85. The zero-order valence-corrected chi connectivity index (χ0v) is 6.18. The van der Waals surface area contributed by atoms with Crippen LogP contribution >= 0.6 is 0 Å². The highest BCUT2D eigenvalue weighted by Gasteiger charge is 2.26. The molecule has 0 aromatic heterocycles. The smallest absolute Gasteiger partial charge is 0.377 e. The second kappa shape index (κ2) is 3.93. The van der Waals surface area contributed by atoms with Crippen molar-refractivity contribution in [2.24, 2.45) is 0 Å². The van der Waals surface area contributed by atoms with E-state index in [9.17, 15) is 23.3 Å². The van der Waals surface area contributed by atoms with E-state index in [0.29, 0.717) is 6.20 Å². The van der Waals surface area contributed by atoms with Crippen molar-refractivity contribution >= 4 is 0 Å². The Kier molecular flexibility index (Phi) is 3.52. The summed E-state index contributed by atoms with van der Waals surface area (Å²) < 4.78 is 34.3. The van der Waals surface area contributed by atoms with E-state index in [2.05, 4.69) is 0 Å². The van der Waals surface area contributed by atoms with Crippen molar-refractivity contribution < 1.29 is 18.1 Å². The van der Waals surface area contributed by atoms with Crippen LogP contribution in [0.5, 0.6) is 0 Å². The molecule has 0 spiro atoms. The summed E-state index contributed by atoms with van der Waals surface area (Å²) in [6, 6.07) is 0. The number of alkyl halides is 3. The molecule has 0 radical (unpaired) electrons. The Labute approximate surface area is 66.2 Å². The maximum absolute atomic E-state index is 11.4. The Hall–Kier alpha value is -1.27. The van der Waals surface area contributed by atoms with E-state index in [1.807, 2.05) is 0 Å². The van der Waals surface area contributed by atoms with E-state index in [-0.39, 0.29) is 5.70 Å². The van der Waals surface area contributed by atoms with Crippen LogP contribution in [0.15, 0.2) is 11.9 Å². The number of hydrogen-bond acceptors (Lipinski definition) is 3. The topological polar surface area (TPSA) is 55.2 Å². The van der Waals surface area contributed by atoms with Gasteiger partial charge in [-0.25, -0.2) is 0 Å². The number of rotatable bonds is 3. The SMILES string of the molecule is C/C(=C\NCC(F)(F)F)[N+](=O)[O-]. The Morgan fingerprint density at radius 1 is 1.67 bits per heavy atom. The second-order valence-corrected chi connectivity index (χ2v) is 2.04. The van der Waals surface area contributed by atoms with Crippen LogP contribution in [0.2, 0.25) is 0 Å². The lowest BCUT2D eigenvalue weighted by Gasteiger charge is -2.04. The van der Waals surface area contributed by atoms with Crippen LogP contribution in [-0.2, 0) is 0 Å². The third-order valence-corrected chi connectivity index (χ3v) is 0.901. The van der Waals surface area contributed by atoms with Gasteiger partial charge in [-0.2, -0.15) is 13.2 Å². The molecule has 0 aliphatic carbocycles. The summed E-state index contributed by atoms with van der Waals surface area (Å²) in [6.45, 7) is -0.165. The molecule has 0 fully saturated rings. The molecule has 0 saturated heterocycles. The van der Waals surface area contributed by atoms with Crippen molar-refractivity contribution in [1.29, 1.82) is 0 Å². The van der Waals surface area contributed by atoms with Gasteiger partial charge in [-0.3, -0.25) is 10.1 Å². The molecule has 0 saturated carbocycles. The molecule has 4 nitrogen and oxygen atoms in total. The monoisotopic (exact) mass is 184 g/mol. The fraction of sp³-hybridized carbons (Fsp3) is 0.600. The molecule has 0 aromatic carbocycles. The molecule has 0 aliphatic rings. The van der Waals surface area contributed by atoms with Gasteiger partial charge in [0, 0.05) is 6.92 Å². The average Bonchev–Trinajstić information content (AvgIpc) is 1.84. The number of nitrogens with zero attached hydrogens (tertiary/aromatic N) is 1. The highest BCUT2D eigenvalue weighted by Crippen LogP contribution is 2.12. The summed E-state index contributed by atoms with van der Waals surface area (Å²) in [7, 11) is 0. The summed E-state index contributed by atoms with van der Waals surface area (Å²) in [5.74, 6) is 0. The maximum atomic E-state index is 11.4. The number of hydrogen-bond donors (Lipinski definition) is 1. The van der Waals surface area contributed by atoms with Crippen LogP contribution in [0, 0.1) is 10.1 Å². The van der Waals surface area contributed by atoms with E-state index >= 15 is 0 Å². The van der Waals surface area contributed by atoms with Gasteiger partial charge >= 0.3 is 6.18 Å². The van der Waals surface area contributed by atoms with Gasteiger partial charge in [0.1, 0.15) is 6.54 Å². The fourth-order valence-corrected chi connectivity index (χ4v) is 0.367. The highest BCUT2D eigenvalue weighted by atomic mass is 19.4. The molecule has 0 heterocycles. The lowest BCUT2D eigenvalue weighted by Crippen LogP contribution is -2.25. The molecule has 12 heavy (non-hydrogen) atoms. The van der Waals surface area contributed by atoms with Gasteiger partial charge in [-0.15, -0.1) is 0 Å². The van der Waals surface area contributed by atoms with Gasteiger partial charge in [-0.1, -0.05) is 0 Å². The van der Waals surface area contributed by atoms with Crippen LogP contribution in [0.4, 0.5) is 13.2 Å². The Morgan fingerprint density at radius 2 is 2.17 bits per heavy atom. The van der Waals surface area contributed by atoms with Crippen LogP contribution in [-0.4, -0.2) is 17.6 Å². The van der Waals surface area contributed by atoms with Gasteiger partial charge in [-0.05, 0) is 0 Å². The molecular weight excluding hydrogens is 177 g/mol. The van der Waals surface area contributed by atoms with Gasteiger partial charge < -0.3 is 5.32 Å². The second-order valence-electron chi connectivity index (χ2n) is 2.04. The van der Waals surface area contributed by atoms with E-state index in [0.717, 1.165) is 6.92 Å². The average molecular weight is 184 g/mol. The first-order valence-electron chi connectivity index (χ1n) is 2.94. The van der Waals surface area contributed by atoms with Crippen molar-refractivity contribution in [3.63, 3.8) is 0 Å². The van der Waals surface area contributed by atoms with E-state index in [1.54, 1.807) is 5.32 Å². The zero-order valence-electron chi connectivity index (χ0n) is 6.18. The molecule has 0 amide bonds. The standard InChI is InChI=1S/C5H7F3N2O2/c1-4(10(11)12)2-9-3-5(6,7)8/h2,9H,3H2,1H3/b4-2+. The first-order valence-corrected chi connectivity index (χ1v) is 2.94. The lowest BCUT2D eigenvalue weighted by molar-refractivity contribution is -0.424. The molecule has 0 rings (SSSR count). The Morgan fingerprint density at radius 3 is 2.50 bits per heavy atom. The van der Waals surface area contributed by atoms with E-state index in [4.69, 9.17) is 0 Å². The quantitative estimate of drug-likeness (QED) is 0.530. The van der Waals surface area contributed by atoms with Crippen LogP contribution in [0.25, 0.3) is 0 Å². The third-order valence-electron chi connectivity index (χ3n) is 0.901. The molecule has 1 N–H and O–H groups in total. The molecular formula is C5H7F3N2O2. The number of allylic oxidation sites excluding steroid dienone is 1. The van der Waals surface area contributed by atoms with Crippen molar-refractivity contribution in [2.75, 3.05) is 6.54 Å². The first-order chi connectivity index (χ1) is 5.33. The largest absolute Gasteiger partial charge is 0.405 e. The van der Waals surface area contributed by atoms with Gasteiger partial charge in [0.2, 0.25) is 0 Å². The van der Waals surface area contributed by atoms with Crippen LogP contribution in [0.1, 0.15) is 6.92 Å². The molecule has 0 bridgehead atoms. The van der Waals surface area contributed by atoms with Crippen molar-refractivity contribution in [1.82, 2.24) is 5.32 Å². The minimum atomic E-state index is -4.35. The summed E-state index contributed by atoms with van der Waals surface area (Å²) in [5, 5.41) is 11.6. The van der Waals surface area contributed by atoms with Crippen molar-refractivity contribution in [2.45, 2.75) is 13.1 Å². The van der Waals surface area contributed by atoms with E-state index in [1.165, 1.54) is 0 Å². The Bertz CT molecular complexity index is 199. The van der Waals surface area contributed by atoms with Crippen LogP contribution in [0.3, 0.4) is 0 Å². The molecule has 0 atom stereocenters. The molecule has 0 aliphatic heterocycles. The van der Waals surface area contributed by atoms with Gasteiger partial charge in [0.15, 0.2) is 0 Å². The third kappa shape index (κ3) is 5.51. The zero-order chi connectivity index (χ0) is 9.78. The molecule has 7 heteroatoms. The molecule has 70 valence electrons. The minimum absolute atomic E-state index is 0.362. The van der Waals surface area contributed by atoms with E-state index < -0.39 is 17.6 Å². The lowest BCUT2D eigenvalue weighted by atomic mass is 10.5. The molecule has 0 aromatic rings. The summed E-state index contributed by atoms with van der Waals surface area (Å²) in [5.41, 5.74) is -0.362. The maximum Gasteiger partial charge on any atom is 0.405 e.